The zero-order valence-electron chi connectivity index (χ0n) is 10.6. The highest BCUT2D eigenvalue weighted by molar-refractivity contribution is 9.10. The summed E-state index contributed by atoms with van der Waals surface area (Å²) in [5, 5.41) is 7.91. The highest BCUT2D eigenvalue weighted by Crippen LogP contribution is 2.31. The molecule has 0 amide bonds. The van der Waals surface area contributed by atoms with Gasteiger partial charge in [0.2, 0.25) is 0 Å². The fourth-order valence-electron chi connectivity index (χ4n) is 1.93. The van der Waals surface area contributed by atoms with Crippen LogP contribution < -0.4 is 5.32 Å². The van der Waals surface area contributed by atoms with Crippen LogP contribution in [0.5, 0.6) is 0 Å². The molecule has 2 heterocycles. The molecule has 18 heavy (non-hydrogen) atoms. The van der Waals surface area contributed by atoms with Gasteiger partial charge in [0.25, 0.3) is 0 Å². The lowest BCUT2D eigenvalue weighted by Crippen LogP contribution is -2.23. The SMILES string of the molecule is CCCNC(c1cncc(C)c1)c1cscc1Br. The summed E-state index contributed by atoms with van der Waals surface area (Å²) in [5.74, 6) is 0. The van der Waals surface area contributed by atoms with Gasteiger partial charge in [-0.3, -0.25) is 4.98 Å². The molecule has 0 saturated carbocycles. The van der Waals surface area contributed by atoms with Gasteiger partial charge in [0, 0.05) is 22.2 Å². The molecule has 0 aromatic carbocycles. The number of halogens is 1. The maximum absolute atomic E-state index is 4.30. The maximum Gasteiger partial charge on any atom is 0.0611 e. The van der Waals surface area contributed by atoms with Gasteiger partial charge in [0.15, 0.2) is 0 Å². The van der Waals surface area contributed by atoms with Gasteiger partial charge in [-0.05, 0) is 57.9 Å². The molecule has 2 nitrogen and oxygen atoms in total. The largest absolute Gasteiger partial charge is 0.306 e. The third kappa shape index (κ3) is 3.19. The predicted octanol–water partition coefficient (Wildman–Crippen LogP) is 4.30. The standard InChI is InChI=1S/C14H17BrN2S/c1-3-4-17-14(12-8-18-9-13(12)15)11-5-10(2)6-16-7-11/h5-9,14,17H,3-4H2,1-2H3. The zero-order valence-corrected chi connectivity index (χ0v) is 13.0. The lowest BCUT2D eigenvalue weighted by atomic mass is 10.0. The highest BCUT2D eigenvalue weighted by Gasteiger charge is 2.17. The van der Waals surface area contributed by atoms with E-state index in [1.165, 1.54) is 21.2 Å². The van der Waals surface area contributed by atoms with Crippen LogP contribution >= 0.6 is 27.3 Å². The first kappa shape index (κ1) is 13.7. The molecule has 0 aliphatic carbocycles. The molecule has 0 fully saturated rings. The Kier molecular flexibility index (Phi) is 4.92. The van der Waals surface area contributed by atoms with Crippen LogP contribution in [0.2, 0.25) is 0 Å². The van der Waals surface area contributed by atoms with Crippen LogP contribution in [-0.2, 0) is 0 Å². The molecular formula is C14H17BrN2S. The van der Waals surface area contributed by atoms with Crippen LogP contribution in [0.4, 0.5) is 0 Å². The van der Waals surface area contributed by atoms with Gasteiger partial charge in [-0.1, -0.05) is 13.0 Å². The molecule has 0 spiro atoms. The van der Waals surface area contributed by atoms with Crippen molar-refractivity contribution in [2.45, 2.75) is 26.3 Å². The lowest BCUT2D eigenvalue weighted by molar-refractivity contribution is 0.596. The molecule has 96 valence electrons. The molecule has 0 aliphatic rings. The molecule has 2 aromatic heterocycles. The first-order valence-electron chi connectivity index (χ1n) is 6.09. The summed E-state index contributed by atoms with van der Waals surface area (Å²) in [6.45, 7) is 5.26. The topological polar surface area (TPSA) is 24.9 Å². The monoisotopic (exact) mass is 324 g/mol. The van der Waals surface area contributed by atoms with E-state index >= 15 is 0 Å². The number of rotatable bonds is 5. The average Bonchev–Trinajstić information content (AvgIpc) is 2.77. The molecule has 1 atom stereocenters. The minimum absolute atomic E-state index is 0.220. The van der Waals surface area contributed by atoms with Crippen LogP contribution in [0.25, 0.3) is 0 Å². The number of aryl methyl sites for hydroxylation is 1. The quantitative estimate of drug-likeness (QED) is 0.886. The summed E-state index contributed by atoms with van der Waals surface area (Å²) in [6, 6.07) is 2.42. The zero-order chi connectivity index (χ0) is 13.0. The van der Waals surface area contributed by atoms with Gasteiger partial charge in [0.1, 0.15) is 0 Å². The van der Waals surface area contributed by atoms with E-state index in [1.807, 2.05) is 12.4 Å². The van der Waals surface area contributed by atoms with Gasteiger partial charge >= 0.3 is 0 Å². The Hall–Kier alpha value is -0.710. The van der Waals surface area contributed by atoms with Crippen molar-refractivity contribution in [2.24, 2.45) is 0 Å². The summed E-state index contributed by atoms with van der Waals surface area (Å²) >= 11 is 5.34. The van der Waals surface area contributed by atoms with Crippen molar-refractivity contribution in [1.29, 1.82) is 0 Å². The number of aromatic nitrogens is 1. The van der Waals surface area contributed by atoms with Crippen LogP contribution in [0.3, 0.4) is 0 Å². The lowest BCUT2D eigenvalue weighted by Gasteiger charge is -2.19. The fourth-order valence-corrected chi connectivity index (χ4v) is 3.48. The summed E-state index contributed by atoms with van der Waals surface area (Å²) in [5.41, 5.74) is 3.71. The van der Waals surface area contributed by atoms with E-state index in [9.17, 15) is 0 Å². The normalized spacial score (nSPS) is 12.6. The van der Waals surface area contributed by atoms with Crippen LogP contribution in [-0.4, -0.2) is 11.5 Å². The Bertz CT molecular complexity index is 510. The van der Waals surface area contributed by atoms with Crippen molar-refractivity contribution in [3.8, 4) is 0 Å². The smallest absolute Gasteiger partial charge is 0.0611 e. The number of pyridine rings is 1. The molecule has 1 unspecified atom stereocenters. The van der Waals surface area contributed by atoms with E-state index in [1.54, 1.807) is 11.3 Å². The highest BCUT2D eigenvalue weighted by atomic mass is 79.9. The second-order valence-corrected chi connectivity index (χ2v) is 5.96. The summed E-state index contributed by atoms with van der Waals surface area (Å²) in [4.78, 5) is 4.30. The van der Waals surface area contributed by atoms with Crippen LogP contribution in [0, 0.1) is 6.92 Å². The first-order chi connectivity index (χ1) is 8.72. The number of nitrogens with zero attached hydrogens (tertiary/aromatic N) is 1. The summed E-state index contributed by atoms with van der Waals surface area (Å²) in [6.07, 6.45) is 4.96. The van der Waals surface area contributed by atoms with Gasteiger partial charge < -0.3 is 5.32 Å². The van der Waals surface area contributed by atoms with Crippen molar-refractivity contribution in [2.75, 3.05) is 6.54 Å². The second kappa shape index (κ2) is 6.45. The van der Waals surface area contributed by atoms with E-state index in [-0.39, 0.29) is 6.04 Å². The Morgan fingerprint density at radius 1 is 1.39 bits per heavy atom. The van der Waals surface area contributed by atoms with Gasteiger partial charge in [-0.2, -0.15) is 11.3 Å². The maximum atomic E-state index is 4.30. The van der Waals surface area contributed by atoms with E-state index < -0.39 is 0 Å². The molecule has 0 radical (unpaired) electrons. The van der Waals surface area contributed by atoms with Crippen molar-refractivity contribution >= 4 is 27.3 Å². The Morgan fingerprint density at radius 2 is 2.22 bits per heavy atom. The second-order valence-electron chi connectivity index (χ2n) is 4.36. The number of nitrogens with one attached hydrogen (secondary N) is 1. The first-order valence-corrected chi connectivity index (χ1v) is 7.82. The molecule has 2 aromatic rings. The molecule has 4 heteroatoms. The van der Waals surface area contributed by atoms with E-state index in [4.69, 9.17) is 0 Å². The van der Waals surface area contributed by atoms with Crippen molar-refractivity contribution in [1.82, 2.24) is 10.3 Å². The summed E-state index contributed by atoms with van der Waals surface area (Å²) in [7, 11) is 0. The average molecular weight is 325 g/mol. The minimum Gasteiger partial charge on any atom is -0.306 e. The van der Waals surface area contributed by atoms with Crippen molar-refractivity contribution < 1.29 is 0 Å². The Morgan fingerprint density at radius 3 is 2.83 bits per heavy atom. The molecule has 2 rings (SSSR count). The fraction of sp³-hybridized carbons (Fsp3) is 0.357. The predicted molar refractivity (Wildman–Crippen MR) is 81.1 cm³/mol. The third-order valence-electron chi connectivity index (χ3n) is 2.78. The van der Waals surface area contributed by atoms with Crippen LogP contribution in [0.15, 0.2) is 33.7 Å². The van der Waals surface area contributed by atoms with Gasteiger partial charge in [-0.25, -0.2) is 0 Å². The number of hydrogen-bond donors (Lipinski definition) is 1. The van der Waals surface area contributed by atoms with E-state index in [0.29, 0.717) is 0 Å². The molecule has 0 aliphatic heterocycles. The van der Waals surface area contributed by atoms with Gasteiger partial charge in [-0.15, -0.1) is 0 Å². The third-order valence-corrected chi connectivity index (χ3v) is 4.53. The van der Waals surface area contributed by atoms with Gasteiger partial charge in [0.05, 0.1) is 6.04 Å². The summed E-state index contributed by atoms with van der Waals surface area (Å²) < 4.78 is 1.17. The molecule has 1 N–H and O–H groups in total. The van der Waals surface area contributed by atoms with E-state index in [0.717, 1.165) is 13.0 Å². The minimum atomic E-state index is 0.220. The van der Waals surface area contributed by atoms with Crippen molar-refractivity contribution in [3.05, 3.63) is 50.4 Å². The number of thiophene rings is 1. The molecule has 0 bridgehead atoms. The molecular weight excluding hydrogens is 308 g/mol. The number of hydrogen-bond acceptors (Lipinski definition) is 3. The Labute approximate surface area is 121 Å². The van der Waals surface area contributed by atoms with Crippen molar-refractivity contribution in [3.63, 3.8) is 0 Å². The Balaban J connectivity index is 2.33. The van der Waals surface area contributed by atoms with Crippen LogP contribution in [0.1, 0.15) is 36.1 Å². The van der Waals surface area contributed by atoms with E-state index in [2.05, 4.69) is 56.9 Å². The molecule has 0 saturated heterocycles.